The highest BCUT2D eigenvalue weighted by Crippen LogP contribution is 2.08. The van der Waals surface area contributed by atoms with Crippen molar-refractivity contribution in [3.8, 4) is 0 Å². The molecule has 1 amide bonds. The molecule has 34 valence electrons. The summed E-state index contributed by atoms with van der Waals surface area (Å²) >= 11 is 3.76. The number of hydrogen-bond donors (Lipinski definition) is 1. The first-order chi connectivity index (χ1) is 2.80. The third kappa shape index (κ3) is 0.391. The summed E-state index contributed by atoms with van der Waals surface area (Å²) in [5.41, 5.74) is 0. The Bertz CT molecular complexity index is 82.9. The van der Waals surface area contributed by atoms with Crippen molar-refractivity contribution in [2.45, 2.75) is 6.42 Å². The molecule has 0 bridgehead atoms. The van der Waals surface area contributed by atoms with Crippen molar-refractivity contribution in [1.82, 2.24) is 4.31 Å². The van der Waals surface area contributed by atoms with Crippen molar-refractivity contribution in [2.24, 2.45) is 0 Å². The number of carbonyl (C=O) groups excluding carboxylic acids is 1. The molecule has 1 aliphatic heterocycles. The molecule has 0 radical (unpaired) electrons. The quantitative estimate of drug-likeness (QED) is 0.339. The molecule has 0 N–H and O–H groups in total. The summed E-state index contributed by atoms with van der Waals surface area (Å²) in [6, 6.07) is 0. The van der Waals surface area contributed by atoms with E-state index in [1.165, 1.54) is 4.31 Å². The van der Waals surface area contributed by atoms with Crippen LogP contribution in [0.5, 0.6) is 0 Å². The van der Waals surface area contributed by atoms with E-state index in [-0.39, 0.29) is 5.91 Å². The number of thiol groups is 1. The maximum atomic E-state index is 10.1. The van der Waals surface area contributed by atoms with Gasteiger partial charge in [-0.25, -0.2) is 0 Å². The van der Waals surface area contributed by atoms with Gasteiger partial charge in [-0.1, -0.05) is 12.8 Å². The topological polar surface area (TPSA) is 20.3 Å². The predicted molar refractivity (Wildman–Crippen MR) is 25.3 cm³/mol. The lowest BCUT2D eigenvalue weighted by Crippen LogP contribution is -2.35. The molecule has 6 heavy (non-hydrogen) atoms. The fourth-order valence-corrected chi connectivity index (χ4v) is 0.503. The van der Waals surface area contributed by atoms with E-state index in [1.807, 2.05) is 0 Å². The van der Waals surface area contributed by atoms with Gasteiger partial charge in [-0.2, -0.15) is 0 Å². The Morgan fingerprint density at radius 3 is 2.33 bits per heavy atom. The Labute approximate surface area is 41.7 Å². The van der Waals surface area contributed by atoms with Crippen molar-refractivity contribution in [2.75, 3.05) is 6.54 Å². The van der Waals surface area contributed by atoms with Crippen LogP contribution >= 0.6 is 12.8 Å². The Morgan fingerprint density at radius 1 is 1.83 bits per heavy atom. The van der Waals surface area contributed by atoms with Crippen molar-refractivity contribution in [3.63, 3.8) is 0 Å². The van der Waals surface area contributed by atoms with Crippen molar-refractivity contribution in [3.05, 3.63) is 0 Å². The summed E-state index contributed by atoms with van der Waals surface area (Å²) in [4.78, 5) is 10.1. The highest BCUT2D eigenvalue weighted by atomic mass is 32.1. The second kappa shape index (κ2) is 1.15. The first-order valence-corrected chi connectivity index (χ1v) is 2.20. The number of β-lactam (4-membered cyclic amide) rings is 1. The number of nitrogens with zero attached hydrogens (tertiary/aromatic N) is 1. The van der Waals surface area contributed by atoms with Crippen LogP contribution in [0.1, 0.15) is 6.42 Å². The van der Waals surface area contributed by atoms with Crippen molar-refractivity contribution >= 4 is 18.7 Å². The molecule has 1 rings (SSSR count). The summed E-state index contributed by atoms with van der Waals surface area (Å²) in [6.45, 7) is 0.821. The predicted octanol–water partition coefficient (Wildman–Crippen LogP) is 0.0635. The van der Waals surface area contributed by atoms with Crippen LogP contribution in [0, 0.1) is 0 Å². The molecule has 0 unspecified atom stereocenters. The zero-order valence-electron chi connectivity index (χ0n) is 3.22. The summed E-state index contributed by atoms with van der Waals surface area (Å²) in [7, 11) is 0. The van der Waals surface area contributed by atoms with Gasteiger partial charge in [-0.05, 0) is 0 Å². The van der Waals surface area contributed by atoms with Crippen molar-refractivity contribution in [1.29, 1.82) is 0 Å². The largest absolute Gasteiger partial charge is 0.289 e. The minimum absolute atomic E-state index is 0.137. The number of rotatable bonds is 0. The molecule has 1 aliphatic rings. The molecular formula is C3H5NOS. The van der Waals surface area contributed by atoms with Gasteiger partial charge in [0.1, 0.15) is 0 Å². The van der Waals surface area contributed by atoms with E-state index >= 15 is 0 Å². The van der Waals surface area contributed by atoms with Gasteiger partial charge in [-0.3, -0.25) is 9.10 Å². The fraction of sp³-hybridized carbons (Fsp3) is 0.667. The lowest BCUT2D eigenvalue weighted by molar-refractivity contribution is -0.132. The number of carbonyl (C=O) groups is 1. The van der Waals surface area contributed by atoms with Gasteiger partial charge in [0.2, 0.25) is 5.91 Å². The third-order valence-corrected chi connectivity index (χ3v) is 1.25. The normalized spacial score (nSPS) is 20.8. The molecule has 0 aromatic carbocycles. The van der Waals surface area contributed by atoms with Crippen LogP contribution in [0.4, 0.5) is 0 Å². The van der Waals surface area contributed by atoms with Gasteiger partial charge < -0.3 is 0 Å². The lowest BCUT2D eigenvalue weighted by atomic mass is 10.3. The molecule has 1 saturated heterocycles. The average Bonchev–Trinajstić information content (AvgIpc) is 1.61. The highest BCUT2D eigenvalue weighted by molar-refractivity contribution is 7.78. The second-order valence-electron chi connectivity index (χ2n) is 1.27. The molecular weight excluding hydrogens is 98.1 g/mol. The molecule has 0 spiro atoms. The molecule has 0 atom stereocenters. The van der Waals surface area contributed by atoms with E-state index in [0.717, 1.165) is 6.54 Å². The van der Waals surface area contributed by atoms with Gasteiger partial charge in [0.15, 0.2) is 0 Å². The Morgan fingerprint density at radius 2 is 2.33 bits per heavy atom. The van der Waals surface area contributed by atoms with Crippen LogP contribution in [0.15, 0.2) is 0 Å². The second-order valence-corrected chi connectivity index (χ2v) is 1.75. The van der Waals surface area contributed by atoms with E-state index in [9.17, 15) is 4.79 Å². The van der Waals surface area contributed by atoms with Gasteiger partial charge in [-0.15, -0.1) is 0 Å². The van der Waals surface area contributed by atoms with Crippen LogP contribution in [-0.4, -0.2) is 16.8 Å². The Hall–Kier alpha value is -0.180. The first-order valence-electron chi connectivity index (χ1n) is 1.80. The molecule has 3 heteroatoms. The number of amides is 1. The fourth-order valence-electron chi connectivity index (χ4n) is 0.303. The maximum absolute atomic E-state index is 10.1. The lowest BCUT2D eigenvalue weighted by Gasteiger charge is -2.23. The van der Waals surface area contributed by atoms with E-state index in [4.69, 9.17) is 0 Å². The van der Waals surface area contributed by atoms with Gasteiger partial charge >= 0.3 is 0 Å². The summed E-state index contributed by atoms with van der Waals surface area (Å²) < 4.78 is 1.40. The minimum atomic E-state index is 0.137. The SMILES string of the molecule is O=C1CCN1S. The smallest absolute Gasteiger partial charge is 0.234 e. The monoisotopic (exact) mass is 103 g/mol. The van der Waals surface area contributed by atoms with Crippen LogP contribution in [0.3, 0.4) is 0 Å². The Kier molecular flexibility index (Phi) is 0.765. The zero-order chi connectivity index (χ0) is 4.57. The molecule has 2 nitrogen and oxygen atoms in total. The molecule has 0 aromatic heterocycles. The van der Waals surface area contributed by atoms with Gasteiger partial charge in [0.25, 0.3) is 0 Å². The summed E-state index contributed by atoms with van der Waals surface area (Å²) in [5.74, 6) is 0.137. The molecule has 1 heterocycles. The molecule has 0 aliphatic carbocycles. The zero-order valence-corrected chi connectivity index (χ0v) is 4.11. The summed E-state index contributed by atoms with van der Waals surface area (Å²) in [5, 5.41) is 0. The van der Waals surface area contributed by atoms with Gasteiger partial charge in [0.05, 0.1) is 0 Å². The number of hydrogen-bond acceptors (Lipinski definition) is 2. The third-order valence-electron chi connectivity index (χ3n) is 0.825. The maximum Gasteiger partial charge on any atom is 0.234 e. The van der Waals surface area contributed by atoms with Crippen LogP contribution in [-0.2, 0) is 4.79 Å². The van der Waals surface area contributed by atoms with E-state index in [1.54, 1.807) is 0 Å². The van der Waals surface area contributed by atoms with Crippen molar-refractivity contribution < 1.29 is 4.79 Å². The molecule has 1 fully saturated rings. The first kappa shape index (κ1) is 3.99. The van der Waals surface area contributed by atoms with E-state index in [0.29, 0.717) is 6.42 Å². The van der Waals surface area contributed by atoms with Gasteiger partial charge in [0, 0.05) is 13.0 Å². The van der Waals surface area contributed by atoms with Crippen LogP contribution in [0.2, 0.25) is 0 Å². The molecule has 0 aromatic rings. The van der Waals surface area contributed by atoms with E-state index < -0.39 is 0 Å². The molecule has 0 saturated carbocycles. The Balaban J connectivity index is 2.39. The van der Waals surface area contributed by atoms with Crippen LogP contribution in [0.25, 0.3) is 0 Å². The summed E-state index contributed by atoms with van der Waals surface area (Å²) in [6.07, 6.45) is 0.684. The average molecular weight is 103 g/mol. The minimum Gasteiger partial charge on any atom is -0.289 e. The van der Waals surface area contributed by atoms with E-state index in [2.05, 4.69) is 12.8 Å². The van der Waals surface area contributed by atoms with Crippen LogP contribution < -0.4 is 0 Å². The standard InChI is InChI=1S/C3H5NOS/c5-3-1-2-4(3)6/h6H,1-2H2. The highest BCUT2D eigenvalue weighted by Gasteiger charge is 2.18.